The molecule has 1 heterocycles. The average molecular weight is 280 g/mol. The summed E-state index contributed by atoms with van der Waals surface area (Å²) in [5.41, 5.74) is 5.59. The quantitative estimate of drug-likeness (QED) is 0.886. The topological polar surface area (TPSA) is 15.3 Å². The van der Waals surface area contributed by atoms with Crippen LogP contribution >= 0.6 is 0 Å². The van der Waals surface area contributed by atoms with Crippen molar-refractivity contribution in [2.45, 2.75) is 26.2 Å². The molecule has 0 bridgehead atoms. The van der Waals surface area contributed by atoms with Gasteiger partial charge in [0.2, 0.25) is 0 Å². The van der Waals surface area contributed by atoms with Crippen LogP contribution in [-0.2, 0) is 12.8 Å². The Morgan fingerprint density at radius 1 is 1.10 bits per heavy atom. The van der Waals surface area contributed by atoms with E-state index in [9.17, 15) is 0 Å². The van der Waals surface area contributed by atoms with Crippen molar-refractivity contribution in [3.8, 4) is 0 Å². The third-order valence-corrected chi connectivity index (χ3v) is 4.28. The molecule has 2 nitrogen and oxygen atoms in total. The first kappa shape index (κ1) is 14.0. The van der Waals surface area contributed by atoms with Crippen LogP contribution in [0.2, 0.25) is 0 Å². The van der Waals surface area contributed by atoms with Crippen LogP contribution in [0.15, 0.2) is 48.5 Å². The van der Waals surface area contributed by atoms with E-state index in [1.807, 2.05) is 0 Å². The van der Waals surface area contributed by atoms with Crippen LogP contribution in [-0.4, -0.2) is 19.6 Å². The van der Waals surface area contributed by atoms with E-state index >= 15 is 0 Å². The number of aryl methyl sites for hydroxylation is 1. The van der Waals surface area contributed by atoms with E-state index in [1.54, 1.807) is 0 Å². The third-order valence-electron chi connectivity index (χ3n) is 4.28. The zero-order valence-corrected chi connectivity index (χ0v) is 12.8. The number of para-hydroxylation sites is 1. The molecule has 2 heteroatoms. The molecule has 1 aliphatic rings. The number of nitrogens with zero attached hydrogens (tertiary/aromatic N) is 1. The Morgan fingerprint density at radius 3 is 2.76 bits per heavy atom. The molecule has 0 amide bonds. The summed E-state index contributed by atoms with van der Waals surface area (Å²) in [5, 5.41) is 3.48. The van der Waals surface area contributed by atoms with E-state index in [4.69, 9.17) is 0 Å². The van der Waals surface area contributed by atoms with Crippen LogP contribution in [0.4, 0.5) is 11.4 Å². The van der Waals surface area contributed by atoms with Gasteiger partial charge in [-0.05, 0) is 55.5 Å². The standard InChI is InChI=1S/C19H24N2/c1-2-21(18-8-4-3-5-9-18)14-12-16-10-11-19-17(15-16)7-6-13-20-19/h3-5,8-11,15,20H,2,6-7,12-14H2,1H3. The van der Waals surface area contributed by atoms with E-state index in [0.717, 1.165) is 26.1 Å². The van der Waals surface area contributed by atoms with Crippen LogP contribution in [0, 0.1) is 0 Å². The maximum atomic E-state index is 3.48. The Labute approximate surface area is 127 Å². The minimum Gasteiger partial charge on any atom is -0.385 e. The molecule has 0 atom stereocenters. The fraction of sp³-hybridized carbons (Fsp3) is 0.368. The molecular weight excluding hydrogens is 256 g/mol. The third kappa shape index (κ3) is 3.38. The number of nitrogens with one attached hydrogen (secondary N) is 1. The lowest BCUT2D eigenvalue weighted by Crippen LogP contribution is -2.25. The highest BCUT2D eigenvalue weighted by Gasteiger charge is 2.09. The number of anilines is 2. The van der Waals surface area contributed by atoms with Gasteiger partial charge >= 0.3 is 0 Å². The van der Waals surface area contributed by atoms with Crippen LogP contribution < -0.4 is 10.2 Å². The minimum atomic E-state index is 1.05. The second-order valence-corrected chi connectivity index (χ2v) is 5.69. The van der Waals surface area contributed by atoms with Gasteiger partial charge < -0.3 is 10.2 Å². The van der Waals surface area contributed by atoms with Gasteiger partial charge in [-0.2, -0.15) is 0 Å². The highest BCUT2D eigenvalue weighted by Crippen LogP contribution is 2.23. The van der Waals surface area contributed by atoms with Gasteiger partial charge in [-0.3, -0.25) is 0 Å². The van der Waals surface area contributed by atoms with Crippen molar-refractivity contribution in [1.29, 1.82) is 0 Å². The van der Waals surface area contributed by atoms with Crippen molar-refractivity contribution >= 4 is 11.4 Å². The molecule has 3 rings (SSSR count). The van der Waals surface area contributed by atoms with Crippen molar-refractivity contribution in [2.75, 3.05) is 29.9 Å². The largest absolute Gasteiger partial charge is 0.385 e. The predicted octanol–water partition coefficient (Wildman–Crippen LogP) is 4.11. The van der Waals surface area contributed by atoms with Crippen LogP contribution in [0.1, 0.15) is 24.5 Å². The number of hydrogen-bond acceptors (Lipinski definition) is 2. The minimum absolute atomic E-state index is 1.05. The van der Waals surface area contributed by atoms with Crippen molar-refractivity contribution in [3.05, 3.63) is 59.7 Å². The molecule has 2 aromatic carbocycles. The summed E-state index contributed by atoms with van der Waals surface area (Å²) in [6.45, 7) is 5.47. The molecule has 0 unspecified atom stereocenters. The number of likely N-dealkylation sites (N-methyl/N-ethyl adjacent to an activating group) is 1. The molecule has 21 heavy (non-hydrogen) atoms. The van der Waals surface area contributed by atoms with Gasteiger partial charge in [0.05, 0.1) is 0 Å². The highest BCUT2D eigenvalue weighted by atomic mass is 15.1. The Morgan fingerprint density at radius 2 is 1.95 bits per heavy atom. The van der Waals surface area contributed by atoms with Crippen LogP contribution in [0.25, 0.3) is 0 Å². The molecule has 0 saturated carbocycles. The molecular formula is C19H24N2. The van der Waals surface area contributed by atoms with Gasteiger partial charge in [-0.25, -0.2) is 0 Å². The van der Waals surface area contributed by atoms with E-state index in [0.29, 0.717) is 0 Å². The SMILES string of the molecule is CCN(CCc1ccc2c(c1)CCCN2)c1ccccc1. The number of hydrogen-bond donors (Lipinski definition) is 1. The first-order valence-corrected chi connectivity index (χ1v) is 8.02. The molecule has 1 aliphatic heterocycles. The summed E-state index contributed by atoms with van der Waals surface area (Å²) in [6, 6.07) is 17.6. The molecule has 2 aromatic rings. The zero-order valence-electron chi connectivity index (χ0n) is 12.8. The summed E-state index contributed by atoms with van der Waals surface area (Å²) in [4.78, 5) is 2.44. The van der Waals surface area contributed by atoms with Crippen molar-refractivity contribution < 1.29 is 0 Å². The molecule has 0 fully saturated rings. The van der Waals surface area contributed by atoms with Gasteiger partial charge in [-0.1, -0.05) is 30.3 Å². The highest BCUT2D eigenvalue weighted by molar-refractivity contribution is 5.54. The number of benzene rings is 2. The van der Waals surface area contributed by atoms with Gasteiger partial charge in [0.1, 0.15) is 0 Å². The lowest BCUT2D eigenvalue weighted by molar-refractivity contribution is 0.800. The van der Waals surface area contributed by atoms with Crippen molar-refractivity contribution in [1.82, 2.24) is 0 Å². The Bertz CT molecular complexity index is 577. The fourth-order valence-corrected chi connectivity index (χ4v) is 3.06. The fourth-order valence-electron chi connectivity index (χ4n) is 3.06. The summed E-state index contributed by atoms with van der Waals surface area (Å²) >= 11 is 0. The van der Waals surface area contributed by atoms with Crippen molar-refractivity contribution in [2.24, 2.45) is 0 Å². The number of rotatable bonds is 5. The lowest BCUT2D eigenvalue weighted by atomic mass is 9.99. The normalized spacial score (nSPS) is 13.4. The zero-order chi connectivity index (χ0) is 14.5. The lowest BCUT2D eigenvalue weighted by Gasteiger charge is -2.24. The summed E-state index contributed by atoms with van der Waals surface area (Å²) in [5.74, 6) is 0. The van der Waals surface area contributed by atoms with E-state index < -0.39 is 0 Å². The van der Waals surface area contributed by atoms with Gasteiger partial charge in [0.15, 0.2) is 0 Å². The van der Waals surface area contributed by atoms with E-state index in [-0.39, 0.29) is 0 Å². The maximum Gasteiger partial charge on any atom is 0.0372 e. The Kier molecular flexibility index (Phi) is 4.44. The first-order chi connectivity index (χ1) is 10.4. The van der Waals surface area contributed by atoms with Crippen molar-refractivity contribution in [3.63, 3.8) is 0 Å². The molecule has 110 valence electrons. The Hall–Kier alpha value is -1.96. The van der Waals surface area contributed by atoms with E-state index in [1.165, 1.54) is 35.3 Å². The maximum absolute atomic E-state index is 3.48. The second kappa shape index (κ2) is 6.66. The van der Waals surface area contributed by atoms with Gasteiger partial charge in [0, 0.05) is 31.0 Å². The first-order valence-electron chi connectivity index (χ1n) is 8.02. The molecule has 0 aliphatic carbocycles. The summed E-state index contributed by atoms with van der Waals surface area (Å²) in [6.07, 6.45) is 3.57. The van der Waals surface area contributed by atoms with Crippen LogP contribution in [0.3, 0.4) is 0 Å². The average Bonchev–Trinajstić information content (AvgIpc) is 2.56. The number of fused-ring (bicyclic) bond motifs is 1. The van der Waals surface area contributed by atoms with E-state index in [2.05, 4.69) is 65.7 Å². The second-order valence-electron chi connectivity index (χ2n) is 5.69. The smallest absolute Gasteiger partial charge is 0.0372 e. The predicted molar refractivity (Wildman–Crippen MR) is 91.3 cm³/mol. The molecule has 0 saturated heterocycles. The molecule has 0 spiro atoms. The van der Waals surface area contributed by atoms with Gasteiger partial charge in [-0.15, -0.1) is 0 Å². The summed E-state index contributed by atoms with van der Waals surface area (Å²) < 4.78 is 0. The summed E-state index contributed by atoms with van der Waals surface area (Å²) in [7, 11) is 0. The molecule has 0 radical (unpaired) electrons. The molecule has 0 aromatic heterocycles. The molecule has 1 N–H and O–H groups in total. The monoisotopic (exact) mass is 280 g/mol. The Balaban J connectivity index is 1.66. The van der Waals surface area contributed by atoms with Gasteiger partial charge in [0.25, 0.3) is 0 Å². The van der Waals surface area contributed by atoms with Crippen LogP contribution in [0.5, 0.6) is 0 Å².